The summed E-state index contributed by atoms with van der Waals surface area (Å²) in [5.74, 6) is -0.492. The van der Waals surface area contributed by atoms with Gasteiger partial charge in [-0.25, -0.2) is 9.59 Å². The highest BCUT2D eigenvalue weighted by molar-refractivity contribution is 5.82. The van der Waals surface area contributed by atoms with E-state index >= 15 is 0 Å². The first-order valence-electron chi connectivity index (χ1n) is 5.85. The molecule has 0 aromatic carbocycles. The van der Waals surface area contributed by atoms with Crippen molar-refractivity contribution >= 4 is 12.0 Å². The van der Waals surface area contributed by atoms with Gasteiger partial charge in [0.15, 0.2) is 6.04 Å². The molecule has 0 bridgehead atoms. The van der Waals surface area contributed by atoms with Gasteiger partial charge >= 0.3 is 12.0 Å². The molecule has 1 saturated carbocycles. The first-order chi connectivity index (χ1) is 8.08. The Morgan fingerprint density at radius 1 is 1.53 bits per heavy atom. The third-order valence-electron chi connectivity index (χ3n) is 2.77. The molecular weight excluding hydrogens is 224 g/mol. The van der Waals surface area contributed by atoms with Crippen LogP contribution in [0.25, 0.3) is 0 Å². The molecule has 1 rings (SSSR count). The molecule has 1 aliphatic rings. The van der Waals surface area contributed by atoms with E-state index in [-0.39, 0.29) is 12.6 Å². The van der Waals surface area contributed by atoms with Gasteiger partial charge in [-0.15, -0.1) is 0 Å². The molecule has 0 aliphatic heterocycles. The zero-order chi connectivity index (χ0) is 12.8. The molecule has 2 N–H and O–H groups in total. The third kappa shape index (κ3) is 4.60. The average Bonchev–Trinajstić information content (AvgIpc) is 3.08. The number of urea groups is 1. The standard InChI is InChI=1S/C11H20N2O4/c1-3-13(6-8-4-5-8)11(16)12-9(7-17-2)10(14)15/h8-9H,3-7H2,1-2H3,(H,12,16)(H,14,15). The summed E-state index contributed by atoms with van der Waals surface area (Å²) in [4.78, 5) is 24.3. The largest absolute Gasteiger partial charge is 0.480 e. The molecule has 6 heteroatoms. The lowest BCUT2D eigenvalue weighted by molar-refractivity contribution is -0.140. The highest BCUT2D eigenvalue weighted by atomic mass is 16.5. The summed E-state index contributed by atoms with van der Waals surface area (Å²) >= 11 is 0. The molecule has 1 aliphatic carbocycles. The number of amides is 2. The number of ether oxygens (including phenoxy) is 1. The zero-order valence-corrected chi connectivity index (χ0v) is 10.3. The van der Waals surface area contributed by atoms with E-state index in [2.05, 4.69) is 5.32 Å². The molecule has 98 valence electrons. The molecule has 6 nitrogen and oxygen atoms in total. The Labute approximate surface area is 101 Å². The van der Waals surface area contributed by atoms with Gasteiger partial charge < -0.3 is 20.1 Å². The predicted molar refractivity (Wildman–Crippen MR) is 61.8 cm³/mol. The van der Waals surface area contributed by atoms with Crippen molar-refractivity contribution in [3.05, 3.63) is 0 Å². The maximum Gasteiger partial charge on any atom is 0.328 e. The summed E-state index contributed by atoms with van der Waals surface area (Å²) in [5.41, 5.74) is 0. The molecule has 1 fully saturated rings. The maximum absolute atomic E-state index is 11.8. The van der Waals surface area contributed by atoms with E-state index in [1.165, 1.54) is 7.11 Å². The molecular formula is C11H20N2O4. The van der Waals surface area contributed by atoms with Crippen LogP contribution in [0.1, 0.15) is 19.8 Å². The van der Waals surface area contributed by atoms with Crippen molar-refractivity contribution in [1.82, 2.24) is 10.2 Å². The van der Waals surface area contributed by atoms with Crippen LogP contribution >= 0.6 is 0 Å². The summed E-state index contributed by atoms with van der Waals surface area (Å²) in [6.45, 7) is 3.15. The van der Waals surface area contributed by atoms with Crippen LogP contribution in [-0.4, -0.2) is 54.9 Å². The van der Waals surface area contributed by atoms with Crippen LogP contribution in [0.3, 0.4) is 0 Å². The third-order valence-corrected chi connectivity index (χ3v) is 2.77. The molecule has 0 saturated heterocycles. The molecule has 0 aromatic rings. The van der Waals surface area contributed by atoms with E-state index in [0.717, 1.165) is 12.8 Å². The van der Waals surface area contributed by atoms with Gasteiger partial charge in [-0.3, -0.25) is 0 Å². The van der Waals surface area contributed by atoms with Gasteiger partial charge in [-0.05, 0) is 25.7 Å². The highest BCUT2D eigenvalue weighted by Crippen LogP contribution is 2.29. The Bertz CT molecular complexity index is 279. The normalized spacial score (nSPS) is 16.4. The van der Waals surface area contributed by atoms with Crippen molar-refractivity contribution in [3.63, 3.8) is 0 Å². The van der Waals surface area contributed by atoms with Crippen LogP contribution in [0, 0.1) is 5.92 Å². The molecule has 0 spiro atoms. The van der Waals surface area contributed by atoms with Crippen LogP contribution < -0.4 is 5.32 Å². The number of rotatable bonds is 7. The van der Waals surface area contributed by atoms with Crippen molar-refractivity contribution < 1.29 is 19.4 Å². The summed E-state index contributed by atoms with van der Waals surface area (Å²) in [6, 6.07) is -1.32. The number of hydrogen-bond donors (Lipinski definition) is 2. The SMILES string of the molecule is CCN(CC1CC1)C(=O)NC(COC)C(=O)O. The van der Waals surface area contributed by atoms with Crippen LogP contribution in [0.5, 0.6) is 0 Å². The second kappa shape index (κ2) is 6.44. The fourth-order valence-corrected chi connectivity index (χ4v) is 1.55. The number of aliphatic carboxylic acids is 1. The van der Waals surface area contributed by atoms with Crippen LogP contribution in [0.2, 0.25) is 0 Å². The number of carboxylic acids is 1. The lowest BCUT2D eigenvalue weighted by atomic mass is 10.3. The van der Waals surface area contributed by atoms with E-state index in [1.807, 2.05) is 6.92 Å². The Kier molecular flexibility index (Phi) is 5.21. The number of nitrogens with zero attached hydrogens (tertiary/aromatic N) is 1. The monoisotopic (exact) mass is 244 g/mol. The highest BCUT2D eigenvalue weighted by Gasteiger charge is 2.28. The van der Waals surface area contributed by atoms with E-state index in [9.17, 15) is 9.59 Å². The fourth-order valence-electron chi connectivity index (χ4n) is 1.55. The molecule has 0 aromatic heterocycles. The van der Waals surface area contributed by atoms with Crippen molar-refractivity contribution in [2.45, 2.75) is 25.8 Å². The van der Waals surface area contributed by atoms with Gasteiger partial charge in [0.1, 0.15) is 0 Å². The first-order valence-corrected chi connectivity index (χ1v) is 5.85. The molecule has 1 unspecified atom stereocenters. The van der Waals surface area contributed by atoms with E-state index in [4.69, 9.17) is 9.84 Å². The van der Waals surface area contributed by atoms with Crippen LogP contribution in [0.4, 0.5) is 4.79 Å². The van der Waals surface area contributed by atoms with E-state index < -0.39 is 12.0 Å². The number of methoxy groups -OCH3 is 1. The number of hydrogen-bond acceptors (Lipinski definition) is 3. The average molecular weight is 244 g/mol. The van der Waals surface area contributed by atoms with Crippen molar-refractivity contribution in [1.29, 1.82) is 0 Å². The number of carbonyl (C=O) groups is 2. The lowest BCUT2D eigenvalue weighted by Gasteiger charge is -2.23. The van der Waals surface area contributed by atoms with Gasteiger partial charge in [0, 0.05) is 20.2 Å². The molecule has 17 heavy (non-hydrogen) atoms. The number of carboxylic acid groups (broad SMARTS) is 1. The second-order valence-corrected chi connectivity index (χ2v) is 4.28. The van der Waals surface area contributed by atoms with Crippen molar-refractivity contribution in [2.75, 3.05) is 26.8 Å². The maximum atomic E-state index is 11.8. The summed E-state index contributed by atoms with van der Waals surface area (Å²) in [7, 11) is 1.41. The van der Waals surface area contributed by atoms with Crippen LogP contribution in [-0.2, 0) is 9.53 Å². The Hall–Kier alpha value is -1.30. The lowest BCUT2D eigenvalue weighted by Crippen LogP contribution is -2.50. The second-order valence-electron chi connectivity index (χ2n) is 4.28. The zero-order valence-electron chi connectivity index (χ0n) is 10.3. The number of nitrogens with one attached hydrogen (secondary N) is 1. The molecule has 1 atom stereocenters. The topological polar surface area (TPSA) is 78.9 Å². The fraction of sp³-hybridized carbons (Fsp3) is 0.818. The minimum Gasteiger partial charge on any atom is -0.480 e. The van der Waals surface area contributed by atoms with Gasteiger partial charge in [-0.2, -0.15) is 0 Å². The van der Waals surface area contributed by atoms with Crippen molar-refractivity contribution in [2.24, 2.45) is 5.92 Å². The summed E-state index contributed by atoms with van der Waals surface area (Å²) < 4.78 is 4.76. The van der Waals surface area contributed by atoms with E-state index in [1.54, 1.807) is 4.90 Å². The van der Waals surface area contributed by atoms with Gasteiger partial charge in [0.05, 0.1) is 6.61 Å². The van der Waals surface area contributed by atoms with Gasteiger partial charge in [-0.1, -0.05) is 0 Å². The molecule has 2 amide bonds. The minimum atomic E-state index is -1.08. The Morgan fingerprint density at radius 3 is 2.59 bits per heavy atom. The van der Waals surface area contributed by atoms with Crippen LogP contribution in [0.15, 0.2) is 0 Å². The molecule has 0 heterocycles. The van der Waals surface area contributed by atoms with Crippen molar-refractivity contribution in [3.8, 4) is 0 Å². The number of carbonyl (C=O) groups excluding carboxylic acids is 1. The summed E-state index contributed by atoms with van der Waals surface area (Å²) in [6.07, 6.45) is 2.31. The Morgan fingerprint density at radius 2 is 2.18 bits per heavy atom. The van der Waals surface area contributed by atoms with Gasteiger partial charge in [0.25, 0.3) is 0 Å². The Balaban J connectivity index is 2.44. The first kappa shape index (κ1) is 13.8. The van der Waals surface area contributed by atoms with Gasteiger partial charge in [0.2, 0.25) is 0 Å². The molecule has 0 radical (unpaired) electrons. The minimum absolute atomic E-state index is 0.0257. The van der Waals surface area contributed by atoms with E-state index in [0.29, 0.717) is 19.0 Å². The predicted octanol–water partition coefficient (Wildman–Crippen LogP) is 0.527. The summed E-state index contributed by atoms with van der Waals surface area (Å²) in [5, 5.41) is 11.4. The smallest absolute Gasteiger partial charge is 0.328 e. The quantitative estimate of drug-likeness (QED) is 0.684.